The molecule has 1 saturated heterocycles. The second-order valence-electron chi connectivity index (χ2n) is 8.39. The first-order valence-corrected chi connectivity index (χ1v) is 10.9. The minimum absolute atomic E-state index is 0.0360. The summed E-state index contributed by atoms with van der Waals surface area (Å²) < 4.78 is 6.27. The molecule has 172 valence electrons. The van der Waals surface area contributed by atoms with Crippen molar-refractivity contribution in [1.29, 1.82) is 0 Å². The molecule has 0 unspecified atom stereocenters. The van der Waals surface area contributed by atoms with Crippen LogP contribution < -0.4 is 15.6 Å². The molecule has 4 rings (SSSR count). The van der Waals surface area contributed by atoms with E-state index >= 15 is 0 Å². The second-order valence-corrected chi connectivity index (χ2v) is 8.39. The van der Waals surface area contributed by atoms with Crippen molar-refractivity contribution in [2.75, 3.05) is 36.4 Å². The number of aromatic carboxylic acids is 1. The van der Waals surface area contributed by atoms with Gasteiger partial charge in [-0.15, -0.1) is 0 Å². The quantitative estimate of drug-likeness (QED) is 0.613. The highest BCUT2D eigenvalue weighted by Crippen LogP contribution is 2.31. The monoisotopic (exact) mass is 449 g/mol. The van der Waals surface area contributed by atoms with Gasteiger partial charge >= 0.3 is 5.97 Å². The molecule has 8 nitrogen and oxygen atoms in total. The van der Waals surface area contributed by atoms with E-state index in [0.717, 1.165) is 11.1 Å². The van der Waals surface area contributed by atoms with Gasteiger partial charge in [0.25, 0.3) is 0 Å². The minimum Gasteiger partial charge on any atom is -0.478 e. The summed E-state index contributed by atoms with van der Waals surface area (Å²) in [5.74, 6) is -0.509. The minimum atomic E-state index is -1.02. The maximum Gasteiger partial charge on any atom is 0.337 e. The highest BCUT2D eigenvalue weighted by atomic mass is 16.4. The van der Waals surface area contributed by atoms with Crippen LogP contribution in [-0.2, 0) is 4.79 Å². The van der Waals surface area contributed by atoms with Crippen molar-refractivity contribution < 1.29 is 19.1 Å². The van der Waals surface area contributed by atoms with Gasteiger partial charge in [0.1, 0.15) is 5.58 Å². The number of carbonyl (C=O) groups is 2. The van der Waals surface area contributed by atoms with Gasteiger partial charge in [-0.25, -0.2) is 4.79 Å². The van der Waals surface area contributed by atoms with Crippen LogP contribution in [0.5, 0.6) is 0 Å². The van der Waals surface area contributed by atoms with Gasteiger partial charge in [0.15, 0.2) is 11.3 Å². The van der Waals surface area contributed by atoms with Gasteiger partial charge in [0.2, 0.25) is 5.91 Å². The van der Waals surface area contributed by atoms with Crippen LogP contribution in [0, 0.1) is 6.92 Å². The number of para-hydroxylation sites is 1. The number of rotatable bonds is 5. The molecule has 0 bridgehead atoms. The molecule has 2 N–H and O–H groups in total. The molecular formula is C25H27N3O5. The average molecular weight is 450 g/mol. The topological polar surface area (TPSA) is 103 Å². The molecule has 0 radical (unpaired) electrons. The summed E-state index contributed by atoms with van der Waals surface area (Å²) in [5, 5.41) is 13.3. The lowest BCUT2D eigenvalue weighted by Crippen LogP contribution is -2.48. The van der Waals surface area contributed by atoms with Crippen molar-refractivity contribution in [2.45, 2.75) is 26.8 Å². The Hall–Kier alpha value is -3.81. The standard InChI is InChI=1S/C25H27N3O5/c1-15-12-19(16(2)26-21-7-5-4-6-18(21)25(31)32)24-20(13-15)22(30)14-23(33-24)28-10-8-27(9-11-28)17(3)29/h4-7,12-14,16,26H,8-11H2,1-3H3,(H,31,32)/t16-/m0/s1. The van der Waals surface area contributed by atoms with Crippen molar-refractivity contribution in [3.05, 3.63) is 69.4 Å². The molecule has 1 aliphatic heterocycles. The summed E-state index contributed by atoms with van der Waals surface area (Å²) in [5.41, 5.74) is 2.69. The zero-order valence-electron chi connectivity index (χ0n) is 18.9. The van der Waals surface area contributed by atoms with E-state index in [-0.39, 0.29) is 22.9 Å². The average Bonchev–Trinajstić information content (AvgIpc) is 2.79. The Morgan fingerprint density at radius 1 is 1.09 bits per heavy atom. The van der Waals surface area contributed by atoms with E-state index < -0.39 is 5.97 Å². The van der Waals surface area contributed by atoms with Crippen LogP contribution in [0.4, 0.5) is 11.6 Å². The number of nitrogens with zero attached hydrogens (tertiary/aromatic N) is 2. The van der Waals surface area contributed by atoms with Crippen LogP contribution in [0.3, 0.4) is 0 Å². The Morgan fingerprint density at radius 3 is 2.45 bits per heavy atom. The number of anilines is 2. The number of carbonyl (C=O) groups excluding carboxylic acids is 1. The molecule has 33 heavy (non-hydrogen) atoms. The summed E-state index contributed by atoms with van der Waals surface area (Å²) in [7, 11) is 0. The van der Waals surface area contributed by atoms with Gasteiger partial charge in [-0.05, 0) is 37.6 Å². The van der Waals surface area contributed by atoms with E-state index in [2.05, 4.69) is 5.32 Å². The molecule has 2 heterocycles. The fourth-order valence-electron chi connectivity index (χ4n) is 4.25. The number of piperazine rings is 1. The lowest BCUT2D eigenvalue weighted by atomic mass is 10.0. The summed E-state index contributed by atoms with van der Waals surface area (Å²) in [6.07, 6.45) is 0. The van der Waals surface area contributed by atoms with Crippen LogP contribution in [0.25, 0.3) is 11.0 Å². The lowest BCUT2D eigenvalue weighted by molar-refractivity contribution is -0.129. The number of hydrogen-bond acceptors (Lipinski definition) is 6. The Kier molecular flexibility index (Phi) is 6.09. The molecule has 0 saturated carbocycles. The maximum atomic E-state index is 13.0. The van der Waals surface area contributed by atoms with Crippen molar-refractivity contribution in [3.8, 4) is 0 Å². The predicted molar refractivity (Wildman–Crippen MR) is 127 cm³/mol. The first-order valence-electron chi connectivity index (χ1n) is 10.9. The van der Waals surface area contributed by atoms with E-state index in [9.17, 15) is 19.5 Å². The molecule has 3 aromatic rings. The Labute approximate surface area is 191 Å². The number of benzene rings is 2. The number of aryl methyl sites for hydroxylation is 1. The second kappa shape index (κ2) is 8.97. The van der Waals surface area contributed by atoms with Gasteiger partial charge in [0, 0.05) is 50.4 Å². The molecule has 1 amide bonds. The van der Waals surface area contributed by atoms with E-state index in [4.69, 9.17) is 4.42 Å². The molecule has 0 spiro atoms. The van der Waals surface area contributed by atoms with E-state index in [0.29, 0.717) is 48.7 Å². The van der Waals surface area contributed by atoms with Crippen molar-refractivity contribution in [3.63, 3.8) is 0 Å². The number of fused-ring (bicyclic) bond motifs is 1. The summed E-state index contributed by atoms with van der Waals surface area (Å²) in [6.45, 7) is 7.67. The first kappa shape index (κ1) is 22.4. The van der Waals surface area contributed by atoms with E-state index in [1.807, 2.05) is 24.8 Å². The Balaban J connectivity index is 1.72. The zero-order chi connectivity index (χ0) is 23.7. The molecular weight excluding hydrogens is 422 g/mol. The SMILES string of the molecule is CC(=O)N1CCN(c2cc(=O)c3cc(C)cc([C@H](C)Nc4ccccc4C(=O)O)c3o2)CC1. The van der Waals surface area contributed by atoms with Crippen LogP contribution in [0.1, 0.15) is 41.4 Å². The Morgan fingerprint density at radius 2 is 1.79 bits per heavy atom. The predicted octanol–water partition coefficient (Wildman–Crippen LogP) is 3.64. The van der Waals surface area contributed by atoms with Gasteiger partial charge in [-0.1, -0.05) is 18.2 Å². The van der Waals surface area contributed by atoms with E-state index in [1.54, 1.807) is 42.2 Å². The third-order valence-electron chi connectivity index (χ3n) is 6.02. The smallest absolute Gasteiger partial charge is 0.337 e. The zero-order valence-corrected chi connectivity index (χ0v) is 18.9. The molecule has 1 aromatic heterocycles. The highest BCUT2D eigenvalue weighted by Gasteiger charge is 2.23. The molecule has 8 heteroatoms. The van der Waals surface area contributed by atoms with Crippen LogP contribution in [0.2, 0.25) is 0 Å². The van der Waals surface area contributed by atoms with Gasteiger partial charge in [-0.2, -0.15) is 0 Å². The fourth-order valence-corrected chi connectivity index (χ4v) is 4.25. The number of carboxylic acids is 1. The lowest BCUT2D eigenvalue weighted by Gasteiger charge is -2.34. The molecule has 0 aliphatic carbocycles. The van der Waals surface area contributed by atoms with Gasteiger partial charge < -0.3 is 24.6 Å². The number of carboxylic acid groups (broad SMARTS) is 1. The molecule has 1 fully saturated rings. The maximum absolute atomic E-state index is 13.0. The number of amides is 1. The number of hydrogen-bond donors (Lipinski definition) is 2. The third-order valence-corrected chi connectivity index (χ3v) is 6.02. The van der Waals surface area contributed by atoms with Crippen LogP contribution in [0.15, 0.2) is 51.7 Å². The fraction of sp³-hybridized carbons (Fsp3) is 0.320. The van der Waals surface area contributed by atoms with Crippen molar-refractivity contribution in [2.24, 2.45) is 0 Å². The highest BCUT2D eigenvalue weighted by molar-refractivity contribution is 5.94. The van der Waals surface area contributed by atoms with Crippen molar-refractivity contribution >= 4 is 34.4 Å². The van der Waals surface area contributed by atoms with Crippen LogP contribution >= 0.6 is 0 Å². The molecule has 1 atom stereocenters. The summed E-state index contributed by atoms with van der Waals surface area (Å²) >= 11 is 0. The third kappa shape index (κ3) is 4.55. The van der Waals surface area contributed by atoms with E-state index in [1.165, 1.54) is 6.07 Å². The largest absolute Gasteiger partial charge is 0.478 e. The first-order chi connectivity index (χ1) is 15.7. The molecule has 1 aliphatic rings. The van der Waals surface area contributed by atoms with Crippen LogP contribution in [-0.4, -0.2) is 48.1 Å². The van der Waals surface area contributed by atoms with Crippen molar-refractivity contribution in [1.82, 2.24) is 4.90 Å². The number of nitrogens with one attached hydrogen (secondary N) is 1. The normalized spacial score (nSPS) is 14.9. The van der Waals surface area contributed by atoms with Gasteiger partial charge in [-0.3, -0.25) is 9.59 Å². The summed E-state index contributed by atoms with van der Waals surface area (Å²) in [4.78, 5) is 40.0. The Bertz CT molecular complexity index is 1270. The summed E-state index contributed by atoms with van der Waals surface area (Å²) in [6, 6.07) is 11.7. The molecule has 2 aromatic carbocycles. The van der Waals surface area contributed by atoms with Gasteiger partial charge in [0.05, 0.1) is 17.0 Å².